The van der Waals surface area contributed by atoms with Gasteiger partial charge in [0.25, 0.3) is 0 Å². The molecule has 17 heavy (non-hydrogen) atoms. The fourth-order valence-corrected chi connectivity index (χ4v) is 1.84. The lowest BCUT2D eigenvalue weighted by molar-refractivity contribution is 0.0734. The van der Waals surface area contributed by atoms with E-state index in [2.05, 4.69) is 26.8 Å². The second kappa shape index (κ2) is 4.58. The average Bonchev–Trinajstić information content (AvgIpc) is 2.29. The Labute approximate surface area is 102 Å². The van der Waals surface area contributed by atoms with Crippen LogP contribution in [0.1, 0.15) is 19.5 Å². The first-order chi connectivity index (χ1) is 7.97. The number of likely N-dealkylation sites (N-methyl/N-ethyl adjacent to an activating group) is 1. The SMILES string of the molecule is CN1CCN(c2cnc(C(C)(C)O)cn2)CC1. The summed E-state index contributed by atoms with van der Waals surface area (Å²) in [5.74, 6) is 0.895. The van der Waals surface area contributed by atoms with Gasteiger partial charge in [-0.1, -0.05) is 0 Å². The highest BCUT2D eigenvalue weighted by atomic mass is 16.3. The van der Waals surface area contributed by atoms with Crippen LogP contribution in [0.2, 0.25) is 0 Å². The number of nitrogens with zero attached hydrogens (tertiary/aromatic N) is 4. The molecule has 0 amide bonds. The van der Waals surface area contributed by atoms with Crippen molar-refractivity contribution >= 4 is 5.82 Å². The van der Waals surface area contributed by atoms with E-state index in [4.69, 9.17) is 0 Å². The lowest BCUT2D eigenvalue weighted by Gasteiger charge is -2.33. The van der Waals surface area contributed by atoms with Crippen molar-refractivity contribution in [3.63, 3.8) is 0 Å². The van der Waals surface area contributed by atoms with E-state index in [1.165, 1.54) is 0 Å². The van der Waals surface area contributed by atoms with Crippen LogP contribution in [0.15, 0.2) is 12.4 Å². The summed E-state index contributed by atoms with van der Waals surface area (Å²) in [5, 5.41) is 9.80. The Balaban J connectivity index is 2.08. The quantitative estimate of drug-likeness (QED) is 0.808. The maximum atomic E-state index is 9.80. The Kier molecular flexibility index (Phi) is 3.31. The first-order valence-corrected chi connectivity index (χ1v) is 5.95. The number of hydrogen-bond donors (Lipinski definition) is 1. The zero-order valence-electron chi connectivity index (χ0n) is 10.7. The Hall–Kier alpha value is -1.20. The highest BCUT2D eigenvalue weighted by molar-refractivity contribution is 5.36. The Morgan fingerprint density at radius 1 is 1.12 bits per heavy atom. The second-order valence-corrected chi connectivity index (χ2v) is 5.11. The van der Waals surface area contributed by atoms with Gasteiger partial charge in [0.2, 0.25) is 0 Å². The van der Waals surface area contributed by atoms with E-state index in [9.17, 15) is 5.11 Å². The van der Waals surface area contributed by atoms with Gasteiger partial charge < -0.3 is 14.9 Å². The van der Waals surface area contributed by atoms with E-state index in [-0.39, 0.29) is 0 Å². The third kappa shape index (κ3) is 2.92. The maximum Gasteiger partial charge on any atom is 0.147 e. The number of rotatable bonds is 2. The molecule has 0 spiro atoms. The van der Waals surface area contributed by atoms with E-state index >= 15 is 0 Å². The van der Waals surface area contributed by atoms with Crippen molar-refractivity contribution in [2.45, 2.75) is 19.4 Å². The molecule has 1 aliphatic rings. The predicted molar refractivity (Wildman–Crippen MR) is 67.0 cm³/mol. The van der Waals surface area contributed by atoms with Gasteiger partial charge in [0, 0.05) is 26.2 Å². The number of aliphatic hydroxyl groups is 1. The topological polar surface area (TPSA) is 52.5 Å². The minimum absolute atomic E-state index is 0.607. The zero-order valence-corrected chi connectivity index (χ0v) is 10.7. The molecule has 0 aromatic carbocycles. The van der Waals surface area contributed by atoms with Crippen LogP contribution in [-0.2, 0) is 5.60 Å². The summed E-state index contributed by atoms with van der Waals surface area (Å²) in [4.78, 5) is 13.2. The summed E-state index contributed by atoms with van der Waals surface area (Å²) in [6, 6.07) is 0. The van der Waals surface area contributed by atoms with Crippen LogP contribution >= 0.6 is 0 Å². The highest BCUT2D eigenvalue weighted by Crippen LogP contribution is 2.18. The molecule has 1 N–H and O–H groups in total. The van der Waals surface area contributed by atoms with Gasteiger partial charge in [0.05, 0.1) is 18.1 Å². The summed E-state index contributed by atoms with van der Waals surface area (Å²) in [6.45, 7) is 7.49. The minimum Gasteiger partial charge on any atom is -0.384 e. The molecule has 0 atom stereocenters. The molecule has 1 fully saturated rings. The van der Waals surface area contributed by atoms with Crippen LogP contribution in [0.5, 0.6) is 0 Å². The van der Waals surface area contributed by atoms with Crippen molar-refractivity contribution in [1.82, 2.24) is 14.9 Å². The van der Waals surface area contributed by atoms with E-state index in [0.29, 0.717) is 5.69 Å². The largest absolute Gasteiger partial charge is 0.384 e. The Morgan fingerprint density at radius 2 is 1.76 bits per heavy atom. The number of aromatic nitrogens is 2. The summed E-state index contributed by atoms with van der Waals surface area (Å²) >= 11 is 0. The number of hydrogen-bond acceptors (Lipinski definition) is 5. The maximum absolute atomic E-state index is 9.80. The average molecular weight is 236 g/mol. The third-order valence-electron chi connectivity index (χ3n) is 3.09. The molecule has 5 nitrogen and oxygen atoms in total. The predicted octanol–water partition coefficient (Wildman–Crippen LogP) is 0.456. The molecule has 1 aromatic rings. The van der Waals surface area contributed by atoms with Crippen molar-refractivity contribution < 1.29 is 5.11 Å². The van der Waals surface area contributed by atoms with Crippen molar-refractivity contribution in [1.29, 1.82) is 0 Å². The molecule has 0 unspecified atom stereocenters. The lowest BCUT2D eigenvalue weighted by Crippen LogP contribution is -2.44. The lowest BCUT2D eigenvalue weighted by atomic mass is 10.1. The minimum atomic E-state index is -0.923. The molecular formula is C12H20N4O. The van der Waals surface area contributed by atoms with Crippen LogP contribution in [0, 0.1) is 0 Å². The van der Waals surface area contributed by atoms with Crippen LogP contribution in [0.3, 0.4) is 0 Å². The standard InChI is InChI=1S/C12H20N4O/c1-12(2,17)10-8-14-11(9-13-10)16-6-4-15(3)5-7-16/h8-9,17H,4-7H2,1-3H3. The first kappa shape index (κ1) is 12.3. The molecule has 0 radical (unpaired) electrons. The van der Waals surface area contributed by atoms with E-state index in [0.717, 1.165) is 32.0 Å². The van der Waals surface area contributed by atoms with Gasteiger partial charge in [-0.05, 0) is 20.9 Å². The van der Waals surface area contributed by atoms with Gasteiger partial charge >= 0.3 is 0 Å². The number of piperazine rings is 1. The smallest absolute Gasteiger partial charge is 0.147 e. The third-order valence-corrected chi connectivity index (χ3v) is 3.09. The molecule has 1 saturated heterocycles. The molecule has 2 heterocycles. The van der Waals surface area contributed by atoms with E-state index in [1.54, 1.807) is 26.2 Å². The zero-order chi connectivity index (χ0) is 12.5. The van der Waals surface area contributed by atoms with E-state index in [1.807, 2.05) is 0 Å². The Morgan fingerprint density at radius 3 is 2.24 bits per heavy atom. The molecular weight excluding hydrogens is 216 g/mol. The van der Waals surface area contributed by atoms with E-state index < -0.39 is 5.60 Å². The van der Waals surface area contributed by atoms with Crippen LogP contribution < -0.4 is 4.90 Å². The summed E-state index contributed by atoms with van der Waals surface area (Å²) in [7, 11) is 2.13. The Bertz CT molecular complexity index is 363. The van der Waals surface area contributed by atoms with Gasteiger partial charge in [0.15, 0.2) is 0 Å². The molecule has 1 aliphatic heterocycles. The van der Waals surface area contributed by atoms with Crippen LogP contribution in [0.4, 0.5) is 5.82 Å². The van der Waals surface area contributed by atoms with Gasteiger partial charge in [-0.2, -0.15) is 0 Å². The van der Waals surface area contributed by atoms with Crippen molar-refractivity contribution in [3.8, 4) is 0 Å². The fourth-order valence-electron chi connectivity index (χ4n) is 1.84. The van der Waals surface area contributed by atoms with Crippen molar-refractivity contribution in [3.05, 3.63) is 18.1 Å². The molecule has 5 heteroatoms. The second-order valence-electron chi connectivity index (χ2n) is 5.11. The van der Waals surface area contributed by atoms with Gasteiger partial charge in [-0.25, -0.2) is 4.98 Å². The monoisotopic (exact) mass is 236 g/mol. The summed E-state index contributed by atoms with van der Waals surface area (Å²) < 4.78 is 0. The molecule has 0 bridgehead atoms. The molecule has 0 saturated carbocycles. The molecule has 0 aliphatic carbocycles. The molecule has 1 aromatic heterocycles. The molecule has 2 rings (SSSR count). The number of anilines is 1. The van der Waals surface area contributed by atoms with Crippen LogP contribution in [-0.4, -0.2) is 53.2 Å². The van der Waals surface area contributed by atoms with Crippen molar-refractivity contribution in [2.24, 2.45) is 0 Å². The van der Waals surface area contributed by atoms with Gasteiger partial charge in [-0.3, -0.25) is 4.98 Å². The highest BCUT2D eigenvalue weighted by Gasteiger charge is 2.20. The van der Waals surface area contributed by atoms with Gasteiger partial charge in [0.1, 0.15) is 11.4 Å². The summed E-state index contributed by atoms with van der Waals surface area (Å²) in [5.41, 5.74) is -0.316. The summed E-state index contributed by atoms with van der Waals surface area (Å²) in [6.07, 6.45) is 3.41. The normalized spacial score (nSPS) is 18.5. The first-order valence-electron chi connectivity index (χ1n) is 5.95. The van der Waals surface area contributed by atoms with Gasteiger partial charge in [-0.15, -0.1) is 0 Å². The fraction of sp³-hybridized carbons (Fsp3) is 0.667. The van der Waals surface area contributed by atoms with Crippen molar-refractivity contribution in [2.75, 3.05) is 38.1 Å². The molecule has 94 valence electrons. The van der Waals surface area contributed by atoms with Crippen LogP contribution in [0.25, 0.3) is 0 Å².